The minimum Gasteiger partial charge on any atom is -0.484 e. The molecule has 1 heterocycles. The minimum atomic E-state index is -0.655. The van der Waals surface area contributed by atoms with E-state index in [1.807, 2.05) is 0 Å². The van der Waals surface area contributed by atoms with Crippen molar-refractivity contribution in [1.82, 2.24) is 4.90 Å². The molecule has 0 amide bonds. The van der Waals surface area contributed by atoms with Crippen LogP contribution < -0.4 is 4.74 Å². The van der Waals surface area contributed by atoms with E-state index >= 15 is 0 Å². The van der Waals surface area contributed by atoms with Crippen molar-refractivity contribution in [2.45, 2.75) is 32.4 Å². The number of aliphatic hydroxyl groups is 1. The van der Waals surface area contributed by atoms with Crippen LogP contribution in [0.1, 0.15) is 20.3 Å². The fourth-order valence-corrected chi connectivity index (χ4v) is 2.67. The monoisotopic (exact) mass is 294 g/mol. The van der Waals surface area contributed by atoms with Crippen molar-refractivity contribution in [3.8, 4) is 5.75 Å². The van der Waals surface area contributed by atoms with Gasteiger partial charge in [0, 0.05) is 18.7 Å². The molecule has 2 rings (SSSR count). The lowest BCUT2D eigenvalue weighted by atomic mass is 10.1. The maximum atomic E-state index is 10.9. The van der Waals surface area contributed by atoms with Crippen LogP contribution in [0.3, 0.4) is 0 Å². The summed E-state index contributed by atoms with van der Waals surface area (Å²) in [5.74, 6) is 0.831. The van der Waals surface area contributed by atoms with Crippen LogP contribution in [0.2, 0.25) is 0 Å². The molecule has 3 atom stereocenters. The molecule has 0 radical (unpaired) electrons. The van der Waals surface area contributed by atoms with Crippen molar-refractivity contribution >= 4 is 5.69 Å². The van der Waals surface area contributed by atoms with Crippen LogP contribution in [0, 0.1) is 16.0 Å². The quantitative estimate of drug-likeness (QED) is 0.642. The van der Waals surface area contributed by atoms with Gasteiger partial charge in [-0.2, -0.15) is 0 Å². The van der Waals surface area contributed by atoms with E-state index in [0.29, 0.717) is 18.5 Å². The minimum absolute atomic E-state index is 0.0580. The third-order valence-electron chi connectivity index (χ3n) is 4.21. The first-order chi connectivity index (χ1) is 9.99. The van der Waals surface area contributed by atoms with Crippen LogP contribution >= 0.6 is 0 Å². The number of β-amino-alcohol motifs (C(OH)–C–C–N with tert-alkyl or cyclic N) is 1. The summed E-state index contributed by atoms with van der Waals surface area (Å²) in [6.45, 7) is 5.94. The van der Waals surface area contributed by atoms with Gasteiger partial charge in [0.1, 0.15) is 12.7 Å². The molecule has 116 valence electrons. The molecule has 0 aliphatic carbocycles. The van der Waals surface area contributed by atoms with E-state index in [4.69, 9.17) is 4.74 Å². The molecule has 1 aliphatic rings. The number of para-hydroxylation sites is 2. The molecule has 1 aromatic rings. The maximum absolute atomic E-state index is 10.9. The molecule has 1 fully saturated rings. The highest BCUT2D eigenvalue weighted by atomic mass is 16.6. The van der Waals surface area contributed by atoms with Crippen LogP contribution in [0.4, 0.5) is 5.69 Å². The lowest BCUT2D eigenvalue weighted by Gasteiger charge is -2.25. The zero-order valence-corrected chi connectivity index (χ0v) is 12.4. The largest absolute Gasteiger partial charge is 0.484 e. The number of hydrogen-bond acceptors (Lipinski definition) is 5. The van der Waals surface area contributed by atoms with Crippen molar-refractivity contribution in [3.63, 3.8) is 0 Å². The van der Waals surface area contributed by atoms with Gasteiger partial charge < -0.3 is 9.84 Å². The fraction of sp³-hybridized carbons (Fsp3) is 0.600. The number of aliphatic hydroxyl groups excluding tert-OH is 1. The van der Waals surface area contributed by atoms with Crippen molar-refractivity contribution in [1.29, 1.82) is 0 Å². The third kappa shape index (κ3) is 3.92. The highest BCUT2D eigenvalue weighted by molar-refractivity contribution is 5.45. The second kappa shape index (κ2) is 6.87. The standard InChI is InChI=1S/C15H22N2O4/c1-11-7-8-16(12(11)2)9-13(18)10-21-15-6-4-3-5-14(15)17(19)20/h3-6,11-13,18H,7-10H2,1-2H3/t11-,12-,13-/m1/s1. The summed E-state index contributed by atoms with van der Waals surface area (Å²) >= 11 is 0. The third-order valence-corrected chi connectivity index (χ3v) is 4.21. The van der Waals surface area contributed by atoms with Gasteiger partial charge in [0.25, 0.3) is 0 Å². The van der Waals surface area contributed by atoms with Crippen molar-refractivity contribution in [2.75, 3.05) is 19.7 Å². The molecule has 0 unspecified atom stereocenters. The highest BCUT2D eigenvalue weighted by Crippen LogP contribution is 2.26. The van der Waals surface area contributed by atoms with E-state index in [1.54, 1.807) is 18.2 Å². The summed E-state index contributed by atoms with van der Waals surface area (Å²) in [5.41, 5.74) is -0.0761. The van der Waals surface area contributed by atoms with Crippen LogP contribution in [0.15, 0.2) is 24.3 Å². The molecule has 0 bridgehead atoms. The summed E-state index contributed by atoms with van der Waals surface area (Å²) < 4.78 is 5.41. The molecule has 0 spiro atoms. The van der Waals surface area contributed by atoms with Gasteiger partial charge in [-0.3, -0.25) is 15.0 Å². The number of likely N-dealkylation sites (tertiary alicyclic amines) is 1. The lowest BCUT2D eigenvalue weighted by molar-refractivity contribution is -0.385. The number of benzene rings is 1. The van der Waals surface area contributed by atoms with Crippen LogP contribution in [0.5, 0.6) is 5.75 Å². The second-order valence-corrected chi connectivity index (χ2v) is 5.69. The Bertz CT molecular complexity index is 494. The van der Waals surface area contributed by atoms with Gasteiger partial charge in [-0.1, -0.05) is 19.1 Å². The van der Waals surface area contributed by atoms with Crippen molar-refractivity contribution < 1.29 is 14.8 Å². The number of rotatable bonds is 6. The Labute approximate surface area is 124 Å². The smallest absolute Gasteiger partial charge is 0.310 e. The van der Waals surface area contributed by atoms with Gasteiger partial charge in [-0.25, -0.2) is 0 Å². The molecule has 1 aromatic carbocycles. The molecular formula is C15H22N2O4. The molecule has 6 heteroatoms. The average molecular weight is 294 g/mol. The van der Waals surface area contributed by atoms with Gasteiger partial charge in [0.2, 0.25) is 0 Å². The summed E-state index contributed by atoms with van der Waals surface area (Å²) in [6.07, 6.45) is 0.483. The lowest BCUT2D eigenvalue weighted by Crippen LogP contribution is -2.38. The molecule has 0 saturated carbocycles. The number of hydrogen-bond donors (Lipinski definition) is 1. The van der Waals surface area contributed by atoms with E-state index in [0.717, 1.165) is 13.0 Å². The van der Waals surface area contributed by atoms with Crippen LogP contribution in [0.25, 0.3) is 0 Å². The summed E-state index contributed by atoms with van der Waals surface area (Å²) in [6, 6.07) is 6.66. The summed E-state index contributed by atoms with van der Waals surface area (Å²) in [5, 5.41) is 20.9. The van der Waals surface area contributed by atoms with Gasteiger partial charge in [-0.15, -0.1) is 0 Å². The summed E-state index contributed by atoms with van der Waals surface area (Å²) in [7, 11) is 0. The molecular weight excluding hydrogens is 272 g/mol. The Morgan fingerprint density at radius 1 is 1.48 bits per heavy atom. The Balaban J connectivity index is 1.87. The SMILES string of the molecule is C[C@@H]1CCN(C[C@@H](O)COc2ccccc2[N+](=O)[O-])[C@@H]1C. The zero-order valence-electron chi connectivity index (χ0n) is 12.4. The Kier molecular flexibility index (Phi) is 5.14. The first-order valence-electron chi connectivity index (χ1n) is 7.27. The predicted molar refractivity (Wildman–Crippen MR) is 79.4 cm³/mol. The Morgan fingerprint density at radius 2 is 2.19 bits per heavy atom. The Morgan fingerprint density at radius 3 is 2.81 bits per heavy atom. The van der Waals surface area contributed by atoms with Gasteiger partial charge in [-0.05, 0) is 31.9 Å². The number of ether oxygens (including phenoxy) is 1. The molecule has 21 heavy (non-hydrogen) atoms. The molecule has 6 nitrogen and oxygen atoms in total. The normalized spacial score (nSPS) is 24.0. The average Bonchev–Trinajstić information content (AvgIpc) is 2.77. The summed E-state index contributed by atoms with van der Waals surface area (Å²) in [4.78, 5) is 12.6. The van der Waals surface area contributed by atoms with E-state index in [-0.39, 0.29) is 18.0 Å². The van der Waals surface area contributed by atoms with Crippen molar-refractivity contribution in [3.05, 3.63) is 34.4 Å². The topological polar surface area (TPSA) is 75.8 Å². The van der Waals surface area contributed by atoms with Gasteiger partial charge in [0.05, 0.1) is 4.92 Å². The zero-order chi connectivity index (χ0) is 15.4. The molecule has 1 aliphatic heterocycles. The Hall–Kier alpha value is -1.66. The maximum Gasteiger partial charge on any atom is 0.310 e. The predicted octanol–water partition coefficient (Wildman–Crippen LogP) is 2.06. The van der Waals surface area contributed by atoms with Crippen LogP contribution in [-0.4, -0.2) is 46.8 Å². The first-order valence-corrected chi connectivity index (χ1v) is 7.27. The molecule has 0 aromatic heterocycles. The van der Waals surface area contributed by atoms with Gasteiger partial charge in [0.15, 0.2) is 5.75 Å². The van der Waals surface area contributed by atoms with Gasteiger partial charge >= 0.3 is 5.69 Å². The number of nitro benzene ring substituents is 1. The molecule has 1 N–H and O–H groups in total. The molecule has 1 saturated heterocycles. The van der Waals surface area contributed by atoms with E-state index in [9.17, 15) is 15.2 Å². The number of nitro groups is 1. The van der Waals surface area contributed by atoms with E-state index in [2.05, 4.69) is 18.7 Å². The fourth-order valence-electron chi connectivity index (χ4n) is 2.67. The number of nitrogens with zero attached hydrogens (tertiary/aromatic N) is 2. The van der Waals surface area contributed by atoms with Crippen LogP contribution in [-0.2, 0) is 0 Å². The van der Waals surface area contributed by atoms with Crippen molar-refractivity contribution in [2.24, 2.45) is 5.92 Å². The van der Waals surface area contributed by atoms with E-state index in [1.165, 1.54) is 6.07 Å². The second-order valence-electron chi connectivity index (χ2n) is 5.69. The van der Waals surface area contributed by atoms with E-state index < -0.39 is 11.0 Å². The first kappa shape index (κ1) is 15.7. The highest BCUT2D eigenvalue weighted by Gasteiger charge is 2.28.